The van der Waals surface area contributed by atoms with Crippen LogP contribution in [0.15, 0.2) is 0 Å². The first-order valence-electron chi connectivity index (χ1n) is 5.85. The zero-order valence-corrected chi connectivity index (χ0v) is 9.90. The van der Waals surface area contributed by atoms with Gasteiger partial charge in [-0.25, -0.2) is 0 Å². The average Bonchev–Trinajstić information content (AvgIpc) is 2.04. The summed E-state index contributed by atoms with van der Waals surface area (Å²) in [6.45, 7) is 8.14. The molecule has 0 aliphatic carbocycles. The monoisotopic (exact) mass is 185 g/mol. The van der Waals surface area contributed by atoms with Gasteiger partial charge in [-0.2, -0.15) is 0 Å². The Morgan fingerprint density at radius 2 is 1.85 bits per heavy atom. The summed E-state index contributed by atoms with van der Waals surface area (Å²) in [5, 5.41) is 3.22. The Hall–Kier alpha value is -0.0400. The van der Waals surface area contributed by atoms with Crippen LogP contribution in [0, 0.1) is 11.8 Å². The van der Waals surface area contributed by atoms with Crippen LogP contribution < -0.4 is 5.32 Å². The first-order valence-corrected chi connectivity index (χ1v) is 5.85. The lowest BCUT2D eigenvalue weighted by atomic mass is 9.89. The van der Waals surface area contributed by atoms with Crippen molar-refractivity contribution < 1.29 is 0 Å². The summed E-state index contributed by atoms with van der Waals surface area (Å²) in [6.07, 6.45) is 6.93. The molecule has 1 unspecified atom stereocenters. The van der Waals surface area contributed by atoms with E-state index in [4.69, 9.17) is 0 Å². The maximum atomic E-state index is 3.22. The van der Waals surface area contributed by atoms with Crippen molar-refractivity contribution in [3.05, 3.63) is 0 Å². The van der Waals surface area contributed by atoms with E-state index in [0.717, 1.165) is 11.8 Å². The van der Waals surface area contributed by atoms with E-state index < -0.39 is 0 Å². The van der Waals surface area contributed by atoms with Crippen LogP contribution in [0.3, 0.4) is 0 Å². The molecule has 0 spiro atoms. The Morgan fingerprint density at radius 3 is 2.31 bits per heavy atom. The van der Waals surface area contributed by atoms with Gasteiger partial charge in [-0.3, -0.25) is 0 Å². The predicted octanol–water partition coefficient (Wildman–Crippen LogP) is 3.45. The van der Waals surface area contributed by atoms with Crippen LogP contribution in [-0.4, -0.2) is 13.6 Å². The molecule has 0 bridgehead atoms. The second-order valence-corrected chi connectivity index (χ2v) is 4.53. The van der Waals surface area contributed by atoms with Crippen molar-refractivity contribution >= 4 is 0 Å². The number of hydrogen-bond donors (Lipinski definition) is 1. The highest BCUT2D eigenvalue weighted by Crippen LogP contribution is 2.21. The second-order valence-electron chi connectivity index (χ2n) is 4.53. The Balaban J connectivity index is 3.53. The average molecular weight is 185 g/mol. The Labute approximate surface area is 84.3 Å². The summed E-state index contributed by atoms with van der Waals surface area (Å²) in [7, 11) is 2.04. The van der Waals surface area contributed by atoms with Gasteiger partial charge >= 0.3 is 0 Å². The van der Waals surface area contributed by atoms with Crippen molar-refractivity contribution in [2.75, 3.05) is 13.6 Å². The van der Waals surface area contributed by atoms with Crippen molar-refractivity contribution in [2.24, 2.45) is 11.8 Å². The molecule has 80 valence electrons. The third-order valence-electron chi connectivity index (χ3n) is 2.54. The van der Waals surface area contributed by atoms with Gasteiger partial charge in [0.2, 0.25) is 0 Å². The minimum atomic E-state index is 0.867. The van der Waals surface area contributed by atoms with E-state index in [2.05, 4.69) is 26.1 Å². The van der Waals surface area contributed by atoms with Crippen molar-refractivity contribution in [2.45, 2.75) is 52.9 Å². The third-order valence-corrected chi connectivity index (χ3v) is 2.54. The van der Waals surface area contributed by atoms with Gasteiger partial charge in [-0.1, -0.05) is 33.6 Å². The van der Waals surface area contributed by atoms with Gasteiger partial charge in [0, 0.05) is 0 Å². The lowest BCUT2D eigenvalue weighted by molar-refractivity contribution is 0.352. The molecule has 1 heteroatoms. The van der Waals surface area contributed by atoms with E-state index in [1.54, 1.807) is 0 Å². The summed E-state index contributed by atoms with van der Waals surface area (Å²) in [5.74, 6) is 1.84. The molecule has 0 saturated heterocycles. The van der Waals surface area contributed by atoms with Crippen LogP contribution in [0.25, 0.3) is 0 Å². The highest BCUT2D eigenvalue weighted by molar-refractivity contribution is 4.62. The third kappa shape index (κ3) is 8.29. The standard InChI is InChI=1S/C12H27N/c1-5-7-12(10-11(2)3)8-6-9-13-4/h11-13H,5-10H2,1-4H3. The highest BCUT2D eigenvalue weighted by Gasteiger charge is 2.09. The predicted molar refractivity (Wildman–Crippen MR) is 61.0 cm³/mol. The molecule has 1 nitrogen and oxygen atoms in total. The van der Waals surface area contributed by atoms with Gasteiger partial charge in [0.25, 0.3) is 0 Å². The van der Waals surface area contributed by atoms with Gasteiger partial charge in [-0.05, 0) is 44.7 Å². The van der Waals surface area contributed by atoms with Gasteiger partial charge in [-0.15, -0.1) is 0 Å². The van der Waals surface area contributed by atoms with Crippen LogP contribution >= 0.6 is 0 Å². The van der Waals surface area contributed by atoms with Crippen molar-refractivity contribution in [1.29, 1.82) is 0 Å². The molecule has 0 amide bonds. The van der Waals surface area contributed by atoms with E-state index >= 15 is 0 Å². The number of rotatable bonds is 8. The molecule has 0 aliphatic heterocycles. The zero-order valence-electron chi connectivity index (χ0n) is 9.90. The minimum absolute atomic E-state index is 0.867. The Kier molecular flexibility index (Phi) is 8.53. The molecule has 0 aromatic carbocycles. The molecule has 0 aliphatic rings. The lowest BCUT2D eigenvalue weighted by Gasteiger charge is -2.17. The Bertz CT molecular complexity index is 99.3. The minimum Gasteiger partial charge on any atom is -0.320 e. The first kappa shape index (κ1) is 13.0. The summed E-state index contributed by atoms with van der Waals surface area (Å²) in [4.78, 5) is 0. The fraction of sp³-hybridized carbons (Fsp3) is 1.00. The van der Waals surface area contributed by atoms with Crippen molar-refractivity contribution in [3.8, 4) is 0 Å². The molecule has 0 heterocycles. The normalized spacial score (nSPS) is 13.6. The molecular formula is C12H27N. The fourth-order valence-corrected chi connectivity index (χ4v) is 2.02. The van der Waals surface area contributed by atoms with Gasteiger partial charge in [0.05, 0.1) is 0 Å². The number of hydrogen-bond acceptors (Lipinski definition) is 1. The fourth-order valence-electron chi connectivity index (χ4n) is 2.02. The summed E-state index contributed by atoms with van der Waals surface area (Å²) < 4.78 is 0. The first-order chi connectivity index (χ1) is 6.20. The van der Waals surface area contributed by atoms with Crippen LogP contribution in [0.2, 0.25) is 0 Å². The molecule has 0 aromatic heterocycles. The Morgan fingerprint density at radius 1 is 1.15 bits per heavy atom. The highest BCUT2D eigenvalue weighted by atomic mass is 14.8. The quantitative estimate of drug-likeness (QED) is 0.571. The molecular weight excluding hydrogens is 158 g/mol. The van der Waals surface area contributed by atoms with Crippen LogP contribution in [-0.2, 0) is 0 Å². The molecule has 1 atom stereocenters. The van der Waals surface area contributed by atoms with E-state index in [9.17, 15) is 0 Å². The van der Waals surface area contributed by atoms with Gasteiger partial charge < -0.3 is 5.32 Å². The summed E-state index contributed by atoms with van der Waals surface area (Å²) in [6, 6.07) is 0. The SMILES string of the molecule is CCCC(CCCNC)CC(C)C. The molecule has 1 N–H and O–H groups in total. The van der Waals surface area contributed by atoms with Crippen molar-refractivity contribution in [1.82, 2.24) is 5.32 Å². The van der Waals surface area contributed by atoms with Gasteiger partial charge in [0.15, 0.2) is 0 Å². The molecule has 0 aromatic rings. The van der Waals surface area contributed by atoms with Crippen molar-refractivity contribution in [3.63, 3.8) is 0 Å². The summed E-state index contributed by atoms with van der Waals surface area (Å²) >= 11 is 0. The lowest BCUT2D eigenvalue weighted by Crippen LogP contribution is -2.11. The topological polar surface area (TPSA) is 12.0 Å². The zero-order chi connectivity index (χ0) is 10.1. The largest absolute Gasteiger partial charge is 0.320 e. The van der Waals surface area contributed by atoms with Gasteiger partial charge in [0.1, 0.15) is 0 Å². The smallest absolute Gasteiger partial charge is 0.00518 e. The van der Waals surface area contributed by atoms with E-state index in [-0.39, 0.29) is 0 Å². The van der Waals surface area contributed by atoms with Crippen LogP contribution in [0.4, 0.5) is 0 Å². The maximum absolute atomic E-state index is 3.22. The number of nitrogens with one attached hydrogen (secondary N) is 1. The van der Waals surface area contributed by atoms with Crippen LogP contribution in [0.1, 0.15) is 52.9 Å². The molecule has 0 saturated carbocycles. The maximum Gasteiger partial charge on any atom is -0.00518 e. The molecule has 0 radical (unpaired) electrons. The van der Waals surface area contributed by atoms with E-state index in [0.29, 0.717) is 0 Å². The van der Waals surface area contributed by atoms with E-state index in [1.165, 1.54) is 38.6 Å². The van der Waals surface area contributed by atoms with Crippen LogP contribution in [0.5, 0.6) is 0 Å². The molecule has 13 heavy (non-hydrogen) atoms. The van der Waals surface area contributed by atoms with E-state index in [1.807, 2.05) is 7.05 Å². The summed E-state index contributed by atoms with van der Waals surface area (Å²) in [5.41, 5.74) is 0. The second kappa shape index (κ2) is 8.55. The molecule has 0 rings (SSSR count). The molecule has 0 fully saturated rings.